The number of carbonyl (C=O) groups is 1. The van der Waals surface area contributed by atoms with Gasteiger partial charge in [-0.2, -0.15) is 0 Å². The molecule has 1 aromatic heterocycles. The van der Waals surface area contributed by atoms with Crippen molar-refractivity contribution in [2.24, 2.45) is 0 Å². The summed E-state index contributed by atoms with van der Waals surface area (Å²) in [6.07, 6.45) is 3.49. The normalized spacial score (nSPS) is 17.3. The molecule has 0 saturated carbocycles. The summed E-state index contributed by atoms with van der Waals surface area (Å²) in [6, 6.07) is 10.2. The van der Waals surface area contributed by atoms with Crippen molar-refractivity contribution in [1.29, 1.82) is 0 Å². The zero-order valence-electron chi connectivity index (χ0n) is 14.7. The number of amides is 1. The molecule has 1 aromatic carbocycles. The lowest BCUT2D eigenvalue weighted by Crippen LogP contribution is -2.39. The number of rotatable bonds is 7. The van der Waals surface area contributed by atoms with E-state index in [0.717, 1.165) is 43.9 Å². The first-order valence-corrected chi connectivity index (χ1v) is 8.99. The first-order valence-electron chi connectivity index (χ1n) is 8.99. The molecule has 6 heteroatoms. The number of benzene rings is 1. The number of aliphatic hydroxyl groups excluding tert-OH is 1. The van der Waals surface area contributed by atoms with Gasteiger partial charge in [0.1, 0.15) is 11.5 Å². The molecule has 1 aliphatic heterocycles. The summed E-state index contributed by atoms with van der Waals surface area (Å²) in [5.74, 6) is 0.787. The molecule has 2 heterocycles. The van der Waals surface area contributed by atoms with Crippen LogP contribution in [0.1, 0.15) is 47.7 Å². The second-order valence-electron chi connectivity index (χ2n) is 6.36. The summed E-state index contributed by atoms with van der Waals surface area (Å²) < 4.78 is 2.09. The van der Waals surface area contributed by atoms with Crippen molar-refractivity contribution in [3.8, 4) is 0 Å². The Morgan fingerprint density at radius 1 is 1.32 bits per heavy atom. The second-order valence-corrected chi connectivity index (χ2v) is 6.36. The minimum Gasteiger partial charge on any atom is -0.396 e. The lowest BCUT2D eigenvalue weighted by Gasteiger charge is -2.36. The van der Waals surface area contributed by atoms with Gasteiger partial charge in [-0.1, -0.05) is 37.3 Å². The molecular weight excluding hydrogens is 316 g/mol. The highest BCUT2D eigenvalue weighted by Crippen LogP contribution is 2.31. The fourth-order valence-corrected chi connectivity index (χ4v) is 3.30. The molecule has 1 amide bonds. The van der Waals surface area contributed by atoms with E-state index in [-0.39, 0.29) is 18.6 Å². The largest absolute Gasteiger partial charge is 0.396 e. The van der Waals surface area contributed by atoms with Gasteiger partial charge in [-0.3, -0.25) is 9.69 Å². The molecule has 0 spiro atoms. The van der Waals surface area contributed by atoms with Gasteiger partial charge in [-0.05, 0) is 18.4 Å². The van der Waals surface area contributed by atoms with E-state index < -0.39 is 0 Å². The molecule has 25 heavy (non-hydrogen) atoms. The molecule has 0 radical (unpaired) electrons. The summed E-state index contributed by atoms with van der Waals surface area (Å²) in [5, 5.41) is 12.1. The predicted octanol–water partition coefficient (Wildman–Crippen LogP) is 1.81. The van der Waals surface area contributed by atoms with Crippen LogP contribution in [0, 0.1) is 0 Å². The average molecular weight is 342 g/mol. The minimum absolute atomic E-state index is 0.00854. The summed E-state index contributed by atoms with van der Waals surface area (Å²) in [4.78, 5) is 19.3. The molecule has 0 bridgehead atoms. The molecule has 1 aliphatic rings. The Hall–Kier alpha value is -2.18. The van der Waals surface area contributed by atoms with Gasteiger partial charge in [0.15, 0.2) is 0 Å². The van der Waals surface area contributed by atoms with E-state index in [9.17, 15) is 9.90 Å². The predicted molar refractivity (Wildman–Crippen MR) is 96.4 cm³/mol. The van der Waals surface area contributed by atoms with Crippen molar-refractivity contribution < 1.29 is 9.90 Å². The first kappa shape index (κ1) is 17.6. The van der Waals surface area contributed by atoms with Gasteiger partial charge in [0.2, 0.25) is 0 Å². The van der Waals surface area contributed by atoms with Crippen LogP contribution in [-0.4, -0.2) is 51.7 Å². The third-order valence-corrected chi connectivity index (χ3v) is 4.53. The van der Waals surface area contributed by atoms with Gasteiger partial charge >= 0.3 is 0 Å². The van der Waals surface area contributed by atoms with Crippen molar-refractivity contribution >= 4 is 5.91 Å². The van der Waals surface area contributed by atoms with Gasteiger partial charge in [0.05, 0.1) is 6.04 Å². The SMILES string of the molecule is CCCNC(=O)c1cn2c(n1)C(c1ccccc1)N(CCCO)CC2. The lowest BCUT2D eigenvalue weighted by molar-refractivity contribution is 0.0949. The number of fused-ring (bicyclic) bond motifs is 1. The van der Waals surface area contributed by atoms with Crippen LogP contribution in [0.25, 0.3) is 0 Å². The third-order valence-electron chi connectivity index (χ3n) is 4.53. The highest BCUT2D eigenvalue weighted by Gasteiger charge is 2.31. The fourth-order valence-electron chi connectivity index (χ4n) is 3.30. The van der Waals surface area contributed by atoms with E-state index in [1.54, 1.807) is 0 Å². The van der Waals surface area contributed by atoms with Gasteiger partial charge in [-0.15, -0.1) is 0 Å². The van der Waals surface area contributed by atoms with Crippen molar-refractivity contribution in [3.05, 3.63) is 53.6 Å². The van der Waals surface area contributed by atoms with E-state index in [2.05, 4.69) is 31.9 Å². The topological polar surface area (TPSA) is 70.4 Å². The first-order chi connectivity index (χ1) is 12.2. The molecular formula is C19H26N4O2. The van der Waals surface area contributed by atoms with Gasteiger partial charge in [0.25, 0.3) is 5.91 Å². The number of hydrogen-bond acceptors (Lipinski definition) is 4. The monoisotopic (exact) mass is 342 g/mol. The average Bonchev–Trinajstić information content (AvgIpc) is 3.09. The van der Waals surface area contributed by atoms with Crippen LogP contribution >= 0.6 is 0 Å². The Morgan fingerprint density at radius 3 is 2.84 bits per heavy atom. The number of aliphatic hydroxyl groups is 1. The summed E-state index contributed by atoms with van der Waals surface area (Å²) in [6.45, 7) is 5.35. The number of carbonyl (C=O) groups excluding carboxylic acids is 1. The zero-order valence-corrected chi connectivity index (χ0v) is 14.7. The van der Waals surface area contributed by atoms with Crippen molar-refractivity contribution in [3.63, 3.8) is 0 Å². The summed E-state index contributed by atoms with van der Waals surface area (Å²) >= 11 is 0. The second kappa shape index (κ2) is 8.27. The summed E-state index contributed by atoms with van der Waals surface area (Å²) in [7, 11) is 0. The Balaban J connectivity index is 1.92. The van der Waals surface area contributed by atoms with E-state index in [1.807, 2.05) is 31.3 Å². The number of imidazole rings is 1. The smallest absolute Gasteiger partial charge is 0.271 e. The van der Waals surface area contributed by atoms with Crippen LogP contribution in [-0.2, 0) is 6.54 Å². The molecule has 0 fully saturated rings. The molecule has 0 aliphatic carbocycles. The molecule has 6 nitrogen and oxygen atoms in total. The number of aromatic nitrogens is 2. The van der Waals surface area contributed by atoms with Crippen molar-refractivity contribution in [2.75, 3.05) is 26.2 Å². The Kier molecular flexibility index (Phi) is 5.83. The highest BCUT2D eigenvalue weighted by molar-refractivity contribution is 5.92. The van der Waals surface area contributed by atoms with Crippen molar-refractivity contribution in [2.45, 2.75) is 32.4 Å². The molecule has 2 N–H and O–H groups in total. The number of hydrogen-bond donors (Lipinski definition) is 2. The molecule has 1 unspecified atom stereocenters. The fraction of sp³-hybridized carbons (Fsp3) is 0.474. The third kappa shape index (κ3) is 3.91. The van der Waals surface area contributed by atoms with Crippen molar-refractivity contribution in [1.82, 2.24) is 19.8 Å². The highest BCUT2D eigenvalue weighted by atomic mass is 16.3. The van der Waals surface area contributed by atoms with Gasteiger partial charge in [-0.25, -0.2) is 4.98 Å². The minimum atomic E-state index is -0.113. The number of nitrogens with one attached hydrogen (secondary N) is 1. The quantitative estimate of drug-likeness (QED) is 0.805. The number of nitrogens with zero attached hydrogens (tertiary/aromatic N) is 3. The maximum absolute atomic E-state index is 12.3. The van der Waals surface area contributed by atoms with Gasteiger partial charge in [0, 0.05) is 39.0 Å². The van der Waals surface area contributed by atoms with Crippen LogP contribution < -0.4 is 5.32 Å². The van der Waals surface area contributed by atoms with E-state index in [1.165, 1.54) is 0 Å². The van der Waals surface area contributed by atoms with Crippen LogP contribution in [0.4, 0.5) is 0 Å². The lowest BCUT2D eigenvalue weighted by atomic mass is 10.0. The summed E-state index contributed by atoms with van der Waals surface area (Å²) in [5.41, 5.74) is 1.64. The van der Waals surface area contributed by atoms with Gasteiger partial charge < -0.3 is 15.0 Å². The Labute approximate surface area is 148 Å². The van der Waals surface area contributed by atoms with E-state index >= 15 is 0 Å². The van der Waals surface area contributed by atoms with Crippen LogP contribution in [0.2, 0.25) is 0 Å². The maximum Gasteiger partial charge on any atom is 0.271 e. The Bertz CT molecular complexity index is 699. The Morgan fingerprint density at radius 2 is 2.12 bits per heavy atom. The zero-order chi connectivity index (χ0) is 17.6. The molecule has 2 aromatic rings. The van der Waals surface area contributed by atoms with E-state index in [4.69, 9.17) is 0 Å². The molecule has 134 valence electrons. The standard InChI is InChI=1S/C19H26N4O2/c1-2-9-20-19(25)16-14-23-12-11-22(10-6-13-24)17(18(23)21-16)15-7-4-3-5-8-15/h3-5,7-8,14,17,24H,2,6,9-13H2,1H3,(H,20,25). The maximum atomic E-state index is 12.3. The van der Waals surface area contributed by atoms with Crippen LogP contribution in [0.5, 0.6) is 0 Å². The van der Waals surface area contributed by atoms with Crippen LogP contribution in [0.3, 0.4) is 0 Å². The molecule has 3 rings (SSSR count). The molecule has 1 atom stereocenters. The molecule has 0 saturated heterocycles. The van der Waals surface area contributed by atoms with Crippen LogP contribution in [0.15, 0.2) is 36.5 Å². The van der Waals surface area contributed by atoms with E-state index in [0.29, 0.717) is 12.2 Å².